The molecule has 17 heavy (non-hydrogen) atoms. The Morgan fingerprint density at radius 3 is 1.53 bits per heavy atom. The van der Waals surface area contributed by atoms with Gasteiger partial charge in [-0.2, -0.15) is 10.6 Å². The molecule has 0 radical (unpaired) electrons. The second-order valence-electron chi connectivity index (χ2n) is 3.75. The third-order valence-corrected chi connectivity index (χ3v) is 4.07. The first kappa shape index (κ1) is 17.2. The van der Waals surface area contributed by atoms with Gasteiger partial charge in [0, 0.05) is 24.6 Å². The molecule has 0 saturated carbocycles. The molecular weight excluding hydrogens is 287 g/mol. The predicted octanol–water partition coefficient (Wildman–Crippen LogP) is 2.91. The fourth-order valence-corrected chi connectivity index (χ4v) is 2.93. The summed E-state index contributed by atoms with van der Waals surface area (Å²) < 4.78 is 19.2. The fourth-order valence-electron chi connectivity index (χ4n) is 1.24. The van der Waals surface area contributed by atoms with Crippen molar-refractivity contribution in [1.29, 1.82) is 0 Å². The molecule has 0 rings (SSSR count). The van der Waals surface area contributed by atoms with Gasteiger partial charge in [0.05, 0.1) is 11.5 Å². The molecule has 0 spiro atoms. The second-order valence-corrected chi connectivity index (χ2v) is 6.69. The lowest BCUT2D eigenvalue weighted by molar-refractivity contribution is -0.117. The van der Waals surface area contributed by atoms with Crippen LogP contribution in [0.2, 0.25) is 0 Å². The van der Waals surface area contributed by atoms with Gasteiger partial charge in [-0.05, 0) is 12.8 Å². The number of carbonyl (C=O) groups excluding carboxylic acids is 2. The van der Waals surface area contributed by atoms with Crippen LogP contribution in [0, 0.1) is 0 Å². The predicted molar refractivity (Wildman–Crippen MR) is 72.5 cm³/mol. The molecule has 0 heterocycles. The van der Waals surface area contributed by atoms with E-state index >= 15 is 0 Å². The number of alkyl halides is 2. The first-order valence-corrected chi connectivity index (χ1v) is 8.25. The number of Topliss-reactive ketones (excluding diaryl/α,β-unsaturated/α-hetero) is 2. The van der Waals surface area contributed by atoms with E-state index in [1.807, 2.05) is 0 Å². The highest BCUT2D eigenvalue weighted by Crippen LogP contribution is 2.38. The van der Waals surface area contributed by atoms with Gasteiger partial charge in [-0.15, -0.1) is 23.2 Å². The van der Waals surface area contributed by atoms with Crippen LogP contribution in [-0.2, 0) is 9.59 Å². The van der Waals surface area contributed by atoms with Gasteiger partial charge in [0.15, 0.2) is 11.6 Å². The van der Waals surface area contributed by atoms with Crippen molar-refractivity contribution in [1.82, 2.24) is 0 Å². The first-order valence-electron chi connectivity index (χ1n) is 5.30. The van der Waals surface area contributed by atoms with Gasteiger partial charge in [-0.25, -0.2) is 0 Å². The van der Waals surface area contributed by atoms with Crippen molar-refractivity contribution < 1.29 is 18.7 Å². The summed E-state index contributed by atoms with van der Waals surface area (Å²) in [5, 5.41) is 0. The molecule has 0 unspecified atom stereocenters. The zero-order valence-corrected chi connectivity index (χ0v) is 11.9. The Morgan fingerprint density at radius 1 is 0.882 bits per heavy atom. The van der Waals surface area contributed by atoms with Crippen LogP contribution < -0.4 is 0 Å². The van der Waals surface area contributed by atoms with Crippen LogP contribution in [0.25, 0.3) is 0 Å². The summed E-state index contributed by atoms with van der Waals surface area (Å²) in [4.78, 5) is 22.6. The standard InChI is InChI=1S/C10H18Cl2O4S/c11-5-1-3-9(13)7-17(15,16)8-10(14)4-2-6-12/h15-16H,1-8H2. The first-order chi connectivity index (χ1) is 7.91. The average Bonchev–Trinajstić information content (AvgIpc) is 2.22. The molecule has 0 aliphatic carbocycles. The zero-order chi connectivity index (χ0) is 13.3. The van der Waals surface area contributed by atoms with E-state index in [1.54, 1.807) is 0 Å². The molecule has 0 aliphatic rings. The van der Waals surface area contributed by atoms with Crippen LogP contribution in [0.4, 0.5) is 0 Å². The summed E-state index contributed by atoms with van der Waals surface area (Å²) in [7, 11) is -3.13. The topological polar surface area (TPSA) is 74.6 Å². The SMILES string of the molecule is O=C(CCCCl)CS(O)(O)CC(=O)CCCCl. The molecule has 0 saturated heterocycles. The summed E-state index contributed by atoms with van der Waals surface area (Å²) in [5.41, 5.74) is 0. The molecule has 0 amide bonds. The minimum Gasteiger partial charge on any atom is -0.299 e. The van der Waals surface area contributed by atoms with Crippen LogP contribution in [0.1, 0.15) is 25.7 Å². The number of ketones is 2. The average molecular weight is 305 g/mol. The Kier molecular flexibility index (Phi) is 9.27. The number of hydrogen-bond acceptors (Lipinski definition) is 4. The summed E-state index contributed by atoms with van der Waals surface area (Å²) in [6, 6.07) is 0. The van der Waals surface area contributed by atoms with Gasteiger partial charge in [0.25, 0.3) is 0 Å². The third kappa shape index (κ3) is 9.85. The van der Waals surface area contributed by atoms with Gasteiger partial charge < -0.3 is 0 Å². The van der Waals surface area contributed by atoms with E-state index in [9.17, 15) is 18.7 Å². The molecule has 0 aromatic heterocycles. The van der Waals surface area contributed by atoms with Crippen LogP contribution in [0.15, 0.2) is 0 Å². The molecule has 7 heteroatoms. The van der Waals surface area contributed by atoms with Gasteiger partial charge in [0.1, 0.15) is 0 Å². The summed E-state index contributed by atoms with van der Waals surface area (Å²) in [6.45, 7) is 0. The fraction of sp³-hybridized carbons (Fsp3) is 0.800. The molecule has 102 valence electrons. The van der Waals surface area contributed by atoms with E-state index in [0.717, 1.165) is 0 Å². The molecule has 0 aliphatic heterocycles. The van der Waals surface area contributed by atoms with Gasteiger partial charge in [-0.3, -0.25) is 18.7 Å². The maximum absolute atomic E-state index is 11.3. The van der Waals surface area contributed by atoms with Crippen molar-refractivity contribution in [2.45, 2.75) is 25.7 Å². The van der Waals surface area contributed by atoms with Gasteiger partial charge >= 0.3 is 0 Å². The quantitative estimate of drug-likeness (QED) is 0.609. The van der Waals surface area contributed by atoms with Crippen molar-refractivity contribution in [2.24, 2.45) is 0 Å². The van der Waals surface area contributed by atoms with Gasteiger partial charge in [0.2, 0.25) is 0 Å². The lowest BCUT2D eigenvalue weighted by Crippen LogP contribution is -2.20. The molecule has 4 nitrogen and oxygen atoms in total. The third-order valence-electron chi connectivity index (χ3n) is 1.96. The van der Waals surface area contributed by atoms with E-state index < -0.39 is 10.6 Å². The largest absolute Gasteiger partial charge is 0.299 e. The van der Waals surface area contributed by atoms with Crippen LogP contribution in [0.3, 0.4) is 0 Å². The van der Waals surface area contributed by atoms with Crippen LogP contribution >= 0.6 is 33.8 Å². The molecule has 2 N–H and O–H groups in total. The van der Waals surface area contributed by atoms with Crippen molar-refractivity contribution in [3.63, 3.8) is 0 Å². The van der Waals surface area contributed by atoms with Crippen molar-refractivity contribution in [2.75, 3.05) is 23.3 Å². The highest BCUT2D eigenvalue weighted by Gasteiger charge is 2.20. The van der Waals surface area contributed by atoms with Crippen LogP contribution in [-0.4, -0.2) is 43.9 Å². The van der Waals surface area contributed by atoms with E-state index in [4.69, 9.17) is 23.2 Å². The van der Waals surface area contributed by atoms with E-state index in [0.29, 0.717) is 24.6 Å². The number of rotatable bonds is 10. The second kappa shape index (κ2) is 9.16. The maximum Gasteiger partial charge on any atom is 0.151 e. The van der Waals surface area contributed by atoms with Crippen LogP contribution in [0.5, 0.6) is 0 Å². The van der Waals surface area contributed by atoms with Crippen molar-refractivity contribution in [3.05, 3.63) is 0 Å². The maximum atomic E-state index is 11.3. The normalized spacial score (nSPS) is 12.5. The molecule has 0 bridgehead atoms. The van der Waals surface area contributed by atoms with E-state index in [2.05, 4.69) is 0 Å². The molecule has 0 aromatic rings. The minimum absolute atomic E-state index is 0.218. The zero-order valence-electron chi connectivity index (χ0n) is 9.53. The molecule has 0 aromatic carbocycles. The number of halogens is 2. The lowest BCUT2D eigenvalue weighted by atomic mass is 10.2. The summed E-state index contributed by atoms with van der Waals surface area (Å²) in [6.07, 6.45) is 1.46. The smallest absolute Gasteiger partial charge is 0.151 e. The Morgan fingerprint density at radius 2 is 1.24 bits per heavy atom. The Labute approximate surface area is 113 Å². The van der Waals surface area contributed by atoms with E-state index in [-0.39, 0.29) is 35.9 Å². The lowest BCUT2D eigenvalue weighted by Gasteiger charge is -2.30. The van der Waals surface area contributed by atoms with E-state index in [1.165, 1.54) is 0 Å². The highest BCUT2D eigenvalue weighted by molar-refractivity contribution is 8.25. The number of hydrogen-bond donors (Lipinski definition) is 2. The Bertz CT molecular complexity index is 235. The molecule has 0 fully saturated rings. The van der Waals surface area contributed by atoms with Crippen molar-refractivity contribution >= 4 is 45.4 Å². The summed E-state index contributed by atoms with van der Waals surface area (Å²) in [5.74, 6) is -0.516. The monoisotopic (exact) mass is 304 g/mol. The Hall–Kier alpha value is 0.190. The van der Waals surface area contributed by atoms with Crippen molar-refractivity contribution in [3.8, 4) is 0 Å². The van der Waals surface area contributed by atoms with Gasteiger partial charge in [-0.1, -0.05) is 0 Å². The Balaban J connectivity index is 4.01. The highest BCUT2D eigenvalue weighted by atomic mass is 35.5. The minimum atomic E-state index is -3.13. The molecular formula is C10H18Cl2O4S. The summed E-state index contributed by atoms with van der Waals surface area (Å²) >= 11 is 10.8. The molecule has 0 atom stereocenters. The number of carbonyl (C=O) groups is 2.